The van der Waals surface area contributed by atoms with Crippen LogP contribution in [-0.2, 0) is 10.3 Å². The minimum absolute atomic E-state index is 0.300. The fourth-order valence-electron chi connectivity index (χ4n) is 5.09. The molecule has 0 spiro atoms. The quantitative estimate of drug-likeness (QED) is 0.147. The average molecular weight is 555 g/mol. The lowest BCUT2D eigenvalue weighted by Gasteiger charge is -2.21. The molecule has 1 saturated heterocycles. The van der Waals surface area contributed by atoms with E-state index in [1.165, 1.54) is 0 Å². The molecule has 41 heavy (non-hydrogen) atoms. The van der Waals surface area contributed by atoms with Gasteiger partial charge in [0.2, 0.25) is 0 Å². The third-order valence-electron chi connectivity index (χ3n) is 7.30. The van der Waals surface area contributed by atoms with E-state index in [-0.39, 0.29) is 6.10 Å². The molecule has 212 valence electrons. The highest BCUT2D eigenvalue weighted by atomic mass is 16.6. The van der Waals surface area contributed by atoms with Gasteiger partial charge in [-0.3, -0.25) is 0 Å². The first-order valence-electron chi connectivity index (χ1n) is 13.1. The number of epoxide rings is 1. The second kappa shape index (κ2) is 11.9. The topological polar surface area (TPSA) is 67.9 Å². The first-order valence-corrected chi connectivity index (χ1v) is 13.1. The maximum atomic E-state index is 6.79. The number of ether oxygens (including phenoxy) is 7. The molecule has 0 amide bonds. The number of rotatable bonds is 11. The van der Waals surface area contributed by atoms with Crippen molar-refractivity contribution in [2.45, 2.75) is 11.7 Å². The van der Waals surface area contributed by atoms with E-state index in [9.17, 15) is 0 Å². The van der Waals surface area contributed by atoms with Crippen molar-refractivity contribution in [3.63, 3.8) is 0 Å². The largest absolute Gasteiger partial charge is 0.497 e. The normalized spacial score (nSPS) is 17.9. The van der Waals surface area contributed by atoms with Gasteiger partial charge in [-0.05, 0) is 82.4 Å². The Kier molecular flexibility index (Phi) is 8.08. The fraction of sp³-hybridized carbons (Fsp3) is 0.235. The first-order chi connectivity index (χ1) is 20.0. The Morgan fingerprint density at radius 3 is 1.46 bits per heavy atom. The molecule has 2 unspecified atom stereocenters. The summed E-state index contributed by atoms with van der Waals surface area (Å²) in [5, 5.41) is 0. The van der Waals surface area contributed by atoms with Crippen molar-refractivity contribution in [3.8, 4) is 34.5 Å². The fourth-order valence-corrected chi connectivity index (χ4v) is 5.09. The molecule has 1 heterocycles. The van der Waals surface area contributed by atoms with Crippen molar-refractivity contribution in [1.29, 1.82) is 0 Å². The first kappa shape index (κ1) is 27.9. The number of hydrogen-bond donors (Lipinski definition) is 0. The Hall–Kier alpha value is -4.62. The molecular formula is C34H34O7. The predicted octanol–water partition coefficient (Wildman–Crippen LogP) is 6.95. The van der Waals surface area contributed by atoms with Crippen LogP contribution in [0.5, 0.6) is 34.5 Å². The van der Waals surface area contributed by atoms with Crippen molar-refractivity contribution in [3.05, 3.63) is 107 Å². The van der Waals surface area contributed by atoms with Crippen LogP contribution in [0.3, 0.4) is 0 Å². The van der Waals surface area contributed by atoms with Gasteiger partial charge in [0.15, 0.2) is 5.60 Å². The summed E-state index contributed by atoms with van der Waals surface area (Å²) in [6.45, 7) is 0. The summed E-state index contributed by atoms with van der Waals surface area (Å²) in [4.78, 5) is 0. The van der Waals surface area contributed by atoms with E-state index < -0.39 is 5.60 Å². The molecule has 0 radical (unpaired) electrons. The highest BCUT2D eigenvalue weighted by molar-refractivity contribution is 5.90. The van der Waals surface area contributed by atoms with Gasteiger partial charge in [-0.25, -0.2) is 0 Å². The molecule has 7 nitrogen and oxygen atoms in total. The molecule has 0 N–H and O–H groups in total. The maximum Gasteiger partial charge on any atom is 0.150 e. The Morgan fingerprint density at radius 2 is 1.00 bits per heavy atom. The zero-order chi connectivity index (χ0) is 29.0. The molecule has 1 aliphatic heterocycles. The molecule has 0 bridgehead atoms. The van der Waals surface area contributed by atoms with Crippen LogP contribution in [0.25, 0.3) is 11.6 Å². The highest BCUT2D eigenvalue weighted by Gasteiger charge is 2.61. The van der Waals surface area contributed by atoms with Gasteiger partial charge in [0.05, 0.1) is 42.7 Å². The van der Waals surface area contributed by atoms with Crippen molar-refractivity contribution in [2.24, 2.45) is 0 Å². The van der Waals surface area contributed by atoms with E-state index in [2.05, 4.69) is 6.08 Å². The van der Waals surface area contributed by atoms with Gasteiger partial charge in [-0.1, -0.05) is 24.3 Å². The third-order valence-corrected chi connectivity index (χ3v) is 7.30. The van der Waals surface area contributed by atoms with Gasteiger partial charge in [-0.2, -0.15) is 0 Å². The lowest BCUT2D eigenvalue weighted by Crippen LogP contribution is -2.14. The summed E-state index contributed by atoms with van der Waals surface area (Å²) in [7, 11) is 9.87. The van der Waals surface area contributed by atoms with Gasteiger partial charge in [0.25, 0.3) is 0 Å². The SMILES string of the molecule is COc1ccc(/C(=C\c2cc(OC)cc(OC)c2)C2(c3cc(OC)cc(OC)c3)OC2c2ccc(OC)cc2)cc1. The Bertz CT molecular complexity index is 1480. The molecule has 1 aliphatic rings. The summed E-state index contributed by atoms with van der Waals surface area (Å²) in [5.41, 5.74) is 3.82. The van der Waals surface area contributed by atoms with Crippen LogP contribution in [0.15, 0.2) is 84.9 Å². The molecule has 7 heteroatoms. The Morgan fingerprint density at radius 1 is 0.561 bits per heavy atom. The van der Waals surface area contributed by atoms with E-state index in [0.29, 0.717) is 23.0 Å². The summed E-state index contributed by atoms with van der Waals surface area (Å²) < 4.78 is 40.1. The molecule has 0 saturated carbocycles. The van der Waals surface area contributed by atoms with Crippen molar-refractivity contribution in [2.75, 3.05) is 42.7 Å². The standard InChI is InChI=1S/C34H34O7/c1-35-26-11-7-23(8-12-26)32(17-22-15-28(37-3)20-29(16-22)38-4)34(25-18-30(39-5)21-31(19-25)40-6)33(41-34)24-9-13-27(36-2)14-10-24/h7-21,33H,1-6H3/b32-17+. The minimum atomic E-state index is -0.874. The smallest absolute Gasteiger partial charge is 0.150 e. The molecule has 5 rings (SSSR count). The van der Waals surface area contributed by atoms with Crippen LogP contribution in [0.2, 0.25) is 0 Å². The number of hydrogen-bond acceptors (Lipinski definition) is 7. The Labute approximate surface area is 240 Å². The highest BCUT2D eigenvalue weighted by Crippen LogP contribution is 2.65. The zero-order valence-electron chi connectivity index (χ0n) is 24.1. The lowest BCUT2D eigenvalue weighted by molar-refractivity contribution is 0.338. The van der Waals surface area contributed by atoms with Crippen molar-refractivity contribution >= 4 is 11.6 Å². The summed E-state index contributed by atoms with van der Waals surface area (Å²) >= 11 is 0. The van der Waals surface area contributed by atoms with Crippen LogP contribution in [0.1, 0.15) is 28.4 Å². The second-order valence-corrected chi connectivity index (χ2v) is 9.54. The average Bonchev–Trinajstić information content (AvgIpc) is 3.79. The molecule has 4 aromatic rings. The summed E-state index contributed by atoms with van der Waals surface area (Å²) in [6, 6.07) is 27.5. The van der Waals surface area contributed by atoms with E-state index in [4.69, 9.17) is 33.2 Å². The van der Waals surface area contributed by atoms with Crippen LogP contribution in [0, 0.1) is 0 Å². The van der Waals surface area contributed by atoms with Crippen molar-refractivity contribution in [1.82, 2.24) is 0 Å². The van der Waals surface area contributed by atoms with Crippen LogP contribution in [-0.4, -0.2) is 42.7 Å². The van der Waals surface area contributed by atoms with Crippen LogP contribution >= 0.6 is 0 Å². The van der Waals surface area contributed by atoms with Crippen molar-refractivity contribution < 1.29 is 33.2 Å². The summed E-state index contributed by atoms with van der Waals surface area (Å²) in [5.74, 6) is 4.24. The zero-order valence-corrected chi connectivity index (χ0v) is 24.1. The molecular weight excluding hydrogens is 520 g/mol. The van der Waals surface area contributed by atoms with Gasteiger partial charge in [-0.15, -0.1) is 0 Å². The molecule has 0 aromatic heterocycles. The minimum Gasteiger partial charge on any atom is -0.497 e. The maximum absolute atomic E-state index is 6.79. The van der Waals surface area contributed by atoms with E-state index in [1.807, 2.05) is 84.9 Å². The monoisotopic (exact) mass is 554 g/mol. The second-order valence-electron chi connectivity index (χ2n) is 9.54. The number of benzene rings is 4. The summed E-state index contributed by atoms with van der Waals surface area (Å²) in [6.07, 6.45) is 1.81. The van der Waals surface area contributed by atoms with E-state index in [0.717, 1.165) is 39.3 Å². The van der Waals surface area contributed by atoms with Gasteiger partial charge >= 0.3 is 0 Å². The molecule has 2 atom stereocenters. The Balaban J connectivity index is 1.77. The molecule has 4 aromatic carbocycles. The van der Waals surface area contributed by atoms with E-state index in [1.54, 1.807) is 42.7 Å². The molecule has 1 fully saturated rings. The molecule has 0 aliphatic carbocycles. The van der Waals surface area contributed by atoms with Gasteiger partial charge in [0.1, 0.15) is 40.6 Å². The van der Waals surface area contributed by atoms with Crippen LogP contribution < -0.4 is 28.4 Å². The van der Waals surface area contributed by atoms with Gasteiger partial charge in [0, 0.05) is 12.1 Å². The van der Waals surface area contributed by atoms with E-state index >= 15 is 0 Å². The van der Waals surface area contributed by atoms with Gasteiger partial charge < -0.3 is 33.2 Å². The predicted molar refractivity (Wildman–Crippen MR) is 158 cm³/mol. The van der Waals surface area contributed by atoms with Crippen LogP contribution in [0.4, 0.5) is 0 Å². The third kappa shape index (κ3) is 5.54. The lowest BCUT2D eigenvalue weighted by atomic mass is 9.80. The number of methoxy groups -OCH3 is 6.